The monoisotopic (exact) mass is 284 g/mol. The van der Waals surface area contributed by atoms with Crippen LogP contribution in [-0.2, 0) is 10.3 Å². The van der Waals surface area contributed by atoms with Crippen LogP contribution in [0.5, 0.6) is 0 Å². The van der Waals surface area contributed by atoms with Crippen LogP contribution in [0.1, 0.15) is 33.3 Å². The largest absolute Gasteiger partial charge is 0.444 e. The zero-order valence-corrected chi connectivity index (χ0v) is 12.5. The van der Waals surface area contributed by atoms with Gasteiger partial charge < -0.3 is 15.8 Å². The molecule has 0 heterocycles. The normalized spacial score (nSPS) is 14.6. The van der Waals surface area contributed by atoms with E-state index in [-0.39, 0.29) is 6.54 Å². The molecule has 1 aromatic carbocycles. The summed E-state index contributed by atoms with van der Waals surface area (Å²) in [5.74, 6) is 0. The number of alkyl carbamates (subject to hydrolysis) is 1. The average molecular weight is 285 g/mol. The quantitative estimate of drug-likeness (QED) is 0.897. The Morgan fingerprint density at radius 3 is 2.42 bits per heavy atom. The predicted molar refractivity (Wildman–Crippen MR) is 77.2 cm³/mol. The fraction of sp³-hybridized carbons (Fsp3) is 0.500. The molecule has 106 valence electrons. The summed E-state index contributed by atoms with van der Waals surface area (Å²) in [6.07, 6.45) is -0.490. The first kappa shape index (κ1) is 15.8. The molecule has 0 spiro atoms. The third-order valence-corrected chi connectivity index (χ3v) is 2.82. The molecule has 5 heteroatoms. The molecule has 0 fully saturated rings. The van der Waals surface area contributed by atoms with Gasteiger partial charge in [0.1, 0.15) is 5.60 Å². The fourth-order valence-corrected chi connectivity index (χ4v) is 1.94. The Kier molecular flexibility index (Phi) is 4.82. The Hall–Kier alpha value is -1.26. The molecule has 0 saturated carbocycles. The van der Waals surface area contributed by atoms with Crippen molar-refractivity contribution in [1.82, 2.24) is 5.32 Å². The Balaban J connectivity index is 2.66. The van der Waals surface area contributed by atoms with Crippen LogP contribution < -0.4 is 11.1 Å². The molecule has 0 aromatic heterocycles. The fourth-order valence-electron chi connectivity index (χ4n) is 1.59. The maximum absolute atomic E-state index is 11.6. The lowest BCUT2D eigenvalue weighted by atomic mass is 9.93. The van der Waals surface area contributed by atoms with Crippen molar-refractivity contribution < 1.29 is 9.53 Å². The number of halogens is 1. The number of nitrogens with two attached hydrogens (primary N) is 1. The number of ether oxygens (including phenoxy) is 1. The molecule has 1 unspecified atom stereocenters. The van der Waals surface area contributed by atoms with Gasteiger partial charge in [0, 0.05) is 11.6 Å². The van der Waals surface area contributed by atoms with Gasteiger partial charge in [-0.15, -0.1) is 0 Å². The summed E-state index contributed by atoms with van der Waals surface area (Å²) >= 11 is 6.11. The van der Waals surface area contributed by atoms with Gasteiger partial charge in [0.05, 0.1) is 5.54 Å². The van der Waals surface area contributed by atoms with Crippen LogP contribution in [0.15, 0.2) is 24.3 Å². The lowest BCUT2D eigenvalue weighted by molar-refractivity contribution is 0.0516. The number of rotatable bonds is 3. The molecule has 4 nitrogen and oxygen atoms in total. The number of nitrogens with one attached hydrogen (secondary N) is 1. The van der Waals surface area contributed by atoms with Crippen molar-refractivity contribution in [3.05, 3.63) is 34.9 Å². The molecule has 1 rings (SSSR count). The Bertz CT molecular complexity index is 453. The average Bonchev–Trinajstić information content (AvgIpc) is 2.24. The van der Waals surface area contributed by atoms with Gasteiger partial charge in [-0.25, -0.2) is 4.79 Å². The van der Waals surface area contributed by atoms with Crippen molar-refractivity contribution in [2.75, 3.05) is 6.54 Å². The number of carbonyl (C=O) groups is 1. The van der Waals surface area contributed by atoms with Crippen LogP contribution in [0.25, 0.3) is 0 Å². The first-order valence-corrected chi connectivity index (χ1v) is 6.50. The summed E-state index contributed by atoms with van der Waals surface area (Å²) in [7, 11) is 0. The summed E-state index contributed by atoms with van der Waals surface area (Å²) < 4.78 is 5.16. The minimum atomic E-state index is -0.755. The van der Waals surface area contributed by atoms with Crippen molar-refractivity contribution in [3.8, 4) is 0 Å². The molecule has 0 saturated heterocycles. The molecule has 1 aromatic rings. The number of hydrogen-bond donors (Lipinski definition) is 2. The topological polar surface area (TPSA) is 64.3 Å². The first-order valence-electron chi connectivity index (χ1n) is 6.12. The highest BCUT2D eigenvalue weighted by molar-refractivity contribution is 6.31. The standard InChI is InChI=1S/C14H21ClN2O2/c1-13(2,3)19-12(18)17-9-14(4,16)10-7-5-6-8-11(10)15/h5-8H,9,16H2,1-4H3,(H,17,18). The van der Waals surface area contributed by atoms with Crippen molar-refractivity contribution >= 4 is 17.7 Å². The van der Waals surface area contributed by atoms with E-state index in [1.807, 2.05) is 45.9 Å². The maximum Gasteiger partial charge on any atom is 0.407 e. The van der Waals surface area contributed by atoms with E-state index < -0.39 is 17.2 Å². The van der Waals surface area contributed by atoms with Crippen LogP contribution >= 0.6 is 11.6 Å². The molecule has 0 bridgehead atoms. The zero-order valence-electron chi connectivity index (χ0n) is 11.8. The molecule has 0 aliphatic carbocycles. The summed E-state index contributed by atoms with van der Waals surface area (Å²) in [6.45, 7) is 7.48. The van der Waals surface area contributed by atoms with E-state index >= 15 is 0 Å². The van der Waals surface area contributed by atoms with E-state index in [0.717, 1.165) is 5.56 Å². The summed E-state index contributed by atoms with van der Waals surface area (Å²) in [5.41, 5.74) is 5.70. The highest BCUT2D eigenvalue weighted by atomic mass is 35.5. The third-order valence-electron chi connectivity index (χ3n) is 2.49. The second-order valence-electron chi connectivity index (χ2n) is 5.75. The highest BCUT2D eigenvalue weighted by Gasteiger charge is 2.25. The minimum Gasteiger partial charge on any atom is -0.444 e. The van der Waals surface area contributed by atoms with Crippen LogP contribution in [-0.4, -0.2) is 18.2 Å². The molecule has 1 amide bonds. The van der Waals surface area contributed by atoms with Crippen molar-refractivity contribution in [1.29, 1.82) is 0 Å². The first-order chi connectivity index (χ1) is 8.62. The number of carbonyl (C=O) groups excluding carboxylic acids is 1. The second-order valence-corrected chi connectivity index (χ2v) is 6.16. The van der Waals surface area contributed by atoms with E-state index in [0.29, 0.717) is 5.02 Å². The molecule has 0 aliphatic rings. The van der Waals surface area contributed by atoms with Gasteiger partial charge in [0.25, 0.3) is 0 Å². The van der Waals surface area contributed by atoms with Crippen LogP contribution in [0.3, 0.4) is 0 Å². The second kappa shape index (κ2) is 5.80. The molecule has 0 radical (unpaired) electrons. The van der Waals surface area contributed by atoms with Gasteiger partial charge in [0.2, 0.25) is 0 Å². The zero-order chi connectivity index (χ0) is 14.7. The summed E-state index contributed by atoms with van der Waals surface area (Å²) in [4.78, 5) is 11.6. The van der Waals surface area contributed by atoms with E-state index in [9.17, 15) is 4.79 Å². The summed E-state index contributed by atoms with van der Waals surface area (Å²) in [5, 5.41) is 3.24. The Morgan fingerprint density at radius 2 is 1.89 bits per heavy atom. The number of hydrogen-bond acceptors (Lipinski definition) is 3. The Morgan fingerprint density at radius 1 is 1.32 bits per heavy atom. The molecule has 0 aliphatic heterocycles. The lowest BCUT2D eigenvalue weighted by Gasteiger charge is -2.27. The van der Waals surface area contributed by atoms with Crippen molar-refractivity contribution in [2.45, 2.75) is 38.8 Å². The highest BCUT2D eigenvalue weighted by Crippen LogP contribution is 2.25. The SMILES string of the molecule is CC(C)(C)OC(=O)NCC(C)(N)c1ccccc1Cl. The minimum absolute atomic E-state index is 0.242. The van der Waals surface area contributed by atoms with Gasteiger partial charge in [-0.2, -0.15) is 0 Å². The molecule has 19 heavy (non-hydrogen) atoms. The molecular weight excluding hydrogens is 264 g/mol. The predicted octanol–water partition coefficient (Wildman–Crippen LogP) is 3.04. The molecule has 3 N–H and O–H groups in total. The van der Waals surface area contributed by atoms with Crippen molar-refractivity contribution in [2.24, 2.45) is 5.73 Å². The van der Waals surface area contributed by atoms with Gasteiger partial charge in [-0.3, -0.25) is 0 Å². The smallest absolute Gasteiger partial charge is 0.407 e. The van der Waals surface area contributed by atoms with E-state index in [4.69, 9.17) is 22.1 Å². The summed E-state index contributed by atoms with van der Waals surface area (Å²) in [6, 6.07) is 7.32. The lowest BCUT2D eigenvalue weighted by Crippen LogP contribution is -2.46. The Labute approximate surface area is 119 Å². The van der Waals surface area contributed by atoms with Gasteiger partial charge >= 0.3 is 6.09 Å². The third kappa shape index (κ3) is 5.09. The molecular formula is C14H21ClN2O2. The van der Waals surface area contributed by atoms with Gasteiger partial charge in [0.15, 0.2) is 0 Å². The van der Waals surface area contributed by atoms with Gasteiger partial charge in [-0.05, 0) is 39.3 Å². The van der Waals surface area contributed by atoms with Crippen LogP contribution in [0.4, 0.5) is 4.79 Å². The van der Waals surface area contributed by atoms with Crippen LogP contribution in [0.2, 0.25) is 5.02 Å². The molecule has 1 atom stereocenters. The van der Waals surface area contributed by atoms with E-state index in [1.165, 1.54) is 0 Å². The van der Waals surface area contributed by atoms with E-state index in [1.54, 1.807) is 6.07 Å². The van der Waals surface area contributed by atoms with Gasteiger partial charge in [-0.1, -0.05) is 29.8 Å². The number of benzene rings is 1. The number of amides is 1. The maximum atomic E-state index is 11.6. The van der Waals surface area contributed by atoms with Crippen molar-refractivity contribution in [3.63, 3.8) is 0 Å². The van der Waals surface area contributed by atoms with E-state index in [2.05, 4.69) is 5.32 Å². The van der Waals surface area contributed by atoms with Crippen LogP contribution in [0, 0.1) is 0 Å².